The highest BCUT2D eigenvalue weighted by atomic mass is 32.2. The lowest BCUT2D eigenvalue weighted by atomic mass is 10.1. The van der Waals surface area contributed by atoms with E-state index in [2.05, 4.69) is 5.16 Å². The maximum atomic E-state index is 11.6. The number of hydrogen-bond donors (Lipinski definition) is 1. The molecule has 1 aromatic carbocycles. The second-order valence-corrected chi connectivity index (χ2v) is 5.52. The predicted octanol–water partition coefficient (Wildman–Crippen LogP) is 1.68. The summed E-state index contributed by atoms with van der Waals surface area (Å²) in [4.78, 5) is 0.317. The molecule has 0 spiro atoms. The third-order valence-corrected chi connectivity index (χ3v) is 4.05. The molecular weight excluding hydrogens is 240 g/mol. The summed E-state index contributed by atoms with van der Waals surface area (Å²) in [6.07, 6.45) is 1.57. The fourth-order valence-corrected chi connectivity index (χ4v) is 2.94. The molecule has 0 radical (unpaired) electrons. The summed E-state index contributed by atoms with van der Waals surface area (Å²) >= 11 is 0. The van der Waals surface area contributed by atoms with Gasteiger partial charge in [-0.3, -0.25) is 0 Å². The molecule has 0 saturated heterocycles. The van der Waals surface area contributed by atoms with Crippen LogP contribution in [0, 0.1) is 0 Å². The van der Waals surface area contributed by atoms with E-state index in [-0.39, 0.29) is 5.88 Å². The molecule has 2 heterocycles. The highest BCUT2D eigenvalue weighted by Gasteiger charge is 2.21. The minimum atomic E-state index is -3.25. The van der Waals surface area contributed by atoms with Gasteiger partial charge in [0.25, 0.3) is 0 Å². The predicted molar refractivity (Wildman–Crippen MR) is 62.6 cm³/mol. The Morgan fingerprint density at radius 3 is 2.76 bits per heavy atom. The van der Waals surface area contributed by atoms with Crippen LogP contribution in [0.2, 0.25) is 0 Å². The molecule has 0 atom stereocenters. The second kappa shape index (κ2) is 3.21. The lowest BCUT2D eigenvalue weighted by Gasteiger charge is -2.00. The van der Waals surface area contributed by atoms with E-state index in [1.807, 2.05) is 0 Å². The Morgan fingerprint density at radius 2 is 2.06 bits per heavy atom. The first-order valence-electron chi connectivity index (χ1n) is 4.86. The van der Waals surface area contributed by atoms with Gasteiger partial charge in [0.2, 0.25) is 5.88 Å². The Kier molecular flexibility index (Phi) is 1.90. The first-order chi connectivity index (χ1) is 8.06. The average molecular weight is 248 g/mol. The summed E-state index contributed by atoms with van der Waals surface area (Å²) < 4.78 is 27.9. The van der Waals surface area contributed by atoms with E-state index in [1.165, 1.54) is 5.41 Å². The second-order valence-electron chi connectivity index (χ2n) is 3.71. The van der Waals surface area contributed by atoms with Gasteiger partial charge < -0.3 is 10.3 Å². The summed E-state index contributed by atoms with van der Waals surface area (Å²) in [6, 6.07) is 6.58. The Morgan fingerprint density at radius 1 is 1.24 bits per heavy atom. The maximum absolute atomic E-state index is 11.6. The first-order valence-corrected chi connectivity index (χ1v) is 6.41. The molecule has 1 aromatic heterocycles. The highest BCUT2D eigenvalue weighted by Crippen LogP contribution is 2.31. The van der Waals surface area contributed by atoms with Gasteiger partial charge in [0.15, 0.2) is 9.84 Å². The van der Waals surface area contributed by atoms with Gasteiger partial charge in [-0.2, -0.15) is 0 Å². The summed E-state index contributed by atoms with van der Waals surface area (Å²) in [7, 11) is -3.25. The van der Waals surface area contributed by atoms with Crippen molar-refractivity contribution in [1.82, 2.24) is 5.16 Å². The van der Waals surface area contributed by atoms with Crippen molar-refractivity contribution in [1.29, 1.82) is 0 Å². The molecule has 5 nitrogen and oxygen atoms in total. The normalized spacial score (nSPS) is 16.0. The van der Waals surface area contributed by atoms with E-state index in [9.17, 15) is 8.42 Å². The molecule has 2 N–H and O–H groups in total. The topological polar surface area (TPSA) is 86.2 Å². The van der Waals surface area contributed by atoms with Gasteiger partial charge in [-0.25, -0.2) is 8.42 Å². The maximum Gasteiger partial charge on any atom is 0.222 e. The summed E-state index contributed by atoms with van der Waals surface area (Å²) in [5.41, 5.74) is 7.44. The molecule has 1 aliphatic heterocycles. The molecule has 0 amide bonds. The van der Waals surface area contributed by atoms with Crippen LogP contribution in [-0.4, -0.2) is 13.6 Å². The van der Waals surface area contributed by atoms with Gasteiger partial charge in [0.1, 0.15) is 5.69 Å². The van der Waals surface area contributed by atoms with Gasteiger partial charge in [-0.15, -0.1) is 0 Å². The fourth-order valence-electron chi connectivity index (χ4n) is 1.76. The Balaban J connectivity index is 2.16. The van der Waals surface area contributed by atoms with E-state index < -0.39 is 9.84 Å². The van der Waals surface area contributed by atoms with Crippen LogP contribution in [0.4, 0.5) is 5.88 Å². The highest BCUT2D eigenvalue weighted by molar-refractivity contribution is 7.94. The number of anilines is 1. The molecule has 17 heavy (non-hydrogen) atoms. The van der Waals surface area contributed by atoms with Gasteiger partial charge in [-0.05, 0) is 23.8 Å². The molecule has 0 unspecified atom stereocenters. The van der Waals surface area contributed by atoms with Crippen LogP contribution >= 0.6 is 0 Å². The zero-order valence-corrected chi connectivity index (χ0v) is 9.44. The number of nitrogens with zero attached hydrogens (tertiary/aromatic N) is 1. The molecule has 0 bridgehead atoms. The molecule has 86 valence electrons. The third-order valence-electron chi connectivity index (χ3n) is 2.57. The van der Waals surface area contributed by atoms with Gasteiger partial charge >= 0.3 is 0 Å². The van der Waals surface area contributed by atoms with E-state index in [4.69, 9.17) is 10.3 Å². The lowest BCUT2D eigenvalue weighted by molar-refractivity contribution is 0.439. The molecule has 3 rings (SSSR count). The van der Waals surface area contributed by atoms with Crippen molar-refractivity contribution in [3.63, 3.8) is 0 Å². The molecule has 0 saturated carbocycles. The molecule has 6 heteroatoms. The molecule has 2 aromatic rings. The molecule has 1 aliphatic rings. The van der Waals surface area contributed by atoms with Crippen LogP contribution < -0.4 is 5.73 Å². The fraction of sp³-hybridized carbons (Fsp3) is 0. The Bertz CT molecular complexity index is 729. The molecule has 0 fully saturated rings. The third kappa shape index (κ3) is 1.53. The largest absolute Gasteiger partial charge is 0.368 e. The van der Waals surface area contributed by atoms with Crippen LogP contribution in [0.5, 0.6) is 0 Å². The monoisotopic (exact) mass is 248 g/mol. The van der Waals surface area contributed by atoms with Crippen molar-refractivity contribution in [3.8, 4) is 11.3 Å². The van der Waals surface area contributed by atoms with E-state index in [0.717, 1.165) is 5.56 Å². The van der Waals surface area contributed by atoms with Gasteiger partial charge in [0, 0.05) is 17.0 Å². The number of benzene rings is 1. The van der Waals surface area contributed by atoms with Crippen LogP contribution in [-0.2, 0) is 9.84 Å². The number of hydrogen-bond acceptors (Lipinski definition) is 5. The summed E-state index contributed by atoms with van der Waals surface area (Å²) in [6.45, 7) is 0. The number of aromatic nitrogens is 1. The van der Waals surface area contributed by atoms with Crippen molar-refractivity contribution >= 4 is 21.8 Å². The average Bonchev–Trinajstić information content (AvgIpc) is 2.84. The van der Waals surface area contributed by atoms with Gasteiger partial charge in [-0.1, -0.05) is 11.2 Å². The van der Waals surface area contributed by atoms with Crippen molar-refractivity contribution in [3.05, 3.63) is 35.2 Å². The first kappa shape index (κ1) is 10.1. The lowest BCUT2D eigenvalue weighted by Crippen LogP contribution is -1.93. The summed E-state index contributed by atoms with van der Waals surface area (Å²) in [5.74, 6) is 0.226. The quantitative estimate of drug-likeness (QED) is 0.829. The number of nitrogens with two attached hydrogens (primary N) is 1. The van der Waals surface area contributed by atoms with Crippen LogP contribution in [0.1, 0.15) is 5.56 Å². The Hall–Kier alpha value is -2.08. The van der Waals surface area contributed by atoms with Crippen molar-refractivity contribution in [2.45, 2.75) is 4.90 Å². The van der Waals surface area contributed by atoms with Crippen LogP contribution in [0.3, 0.4) is 0 Å². The Labute approximate surface area is 97.5 Å². The zero-order chi connectivity index (χ0) is 12.0. The smallest absolute Gasteiger partial charge is 0.222 e. The van der Waals surface area contributed by atoms with Gasteiger partial charge in [0.05, 0.1) is 4.90 Å². The van der Waals surface area contributed by atoms with Crippen LogP contribution in [0.25, 0.3) is 17.3 Å². The number of rotatable bonds is 1. The standard InChI is InChI=1S/C11H8N2O3S/c12-11-6-9(13-16-11)7-1-2-10-8(5-7)3-4-17(10,14)15/h1-6H,12H2. The van der Waals surface area contributed by atoms with Crippen molar-refractivity contribution in [2.75, 3.05) is 5.73 Å². The minimum Gasteiger partial charge on any atom is -0.368 e. The van der Waals surface area contributed by atoms with E-state index >= 15 is 0 Å². The number of fused-ring (bicyclic) bond motifs is 1. The van der Waals surface area contributed by atoms with Crippen molar-refractivity contribution in [2.24, 2.45) is 0 Å². The van der Waals surface area contributed by atoms with Crippen LogP contribution in [0.15, 0.2) is 39.1 Å². The molecular formula is C11H8N2O3S. The summed E-state index contributed by atoms with van der Waals surface area (Å²) in [5, 5.41) is 4.97. The molecule has 0 aliphatic carbocycles. The minimum absolute atomic E-state index is 0.226. The zero-order valence-electron chi connectivity index (χ0n) is 8.62. The SMILES string of the molecule is Nc1cc(-c2ccc3c(c2)C=CS3(=O)=O)no1. The number of sulfone groups is 1. The van der Waals surface area contributed by atoms with E-state index in [1.54, 1.807) is 30.3 Å². The number of nitrogen functional groups attached to an aromatic ring is 1. The van der Waals surface area contributed by atoms with Crippen molar-refractivity contribution < 1.29 is 12.9 Å². The van der Waals surface area contributed by atoms with E-state index in [0.29, 0.717) is 16.2 Å².